The number of para-hydroxylation sites is 1. The normalized spacial score (nSPS) is 12.1. The molecule has 4 rings (SSSR count). The summed E-state index contributed by atoms with van der Waals surface area (Å²) in [5, 5.41) is 3.24. The van der Waals surface area contributed by atoms with Gasteiger partial charge in [0.25, 0.3) is 15.9 Å². The van der Waals surface area contributed by atoms with Gasteiger partial charge in [0, 0.05) is 18.2 Å². The molecule has 9 nitrogen and oxygen atoms in total. The summed E-state index contributed by atoms with van der Waals surface area (Å²) in [5.41, 5.74) is 2.00. The number of amides is 2. The third kappa shape index (κ3) is 5.58. The highest BCUT2D eigenvalue weighted by Gasteiger charge is 2.23. The molecule has 0 aliphatic rings. The van der Waals surface area contributed by atoms with Crippen molar-refractivity contribution < 1.29 is 27.5 Å². The van der Waals surface area contributed by atoms with Gasteiger partial charge >= 0.3 is 5.97 Å². The van der Waals surface area contributed by atoms with Crippen LogP contribution in [-0.4, -0.2) is 37.3 Å². The second-order valence-corrected chi connectivity index (χ2v) is 10.5. The monoisotopic (exact) mass is 523 g/mol. The SMILES string of the molecule is CC(=O)NS(=O)(=O)c1ccc(NC(=O)C(C)OC(=O)c2ccccc2-c2nc3ccccc3s2)cc1. The summed E-state index contributed by atoms with van der Waals surface area (Å²) >= 11 is 1.45. The fraction of sp³-hybridized carbons (Fsp3) is 0.120. The lowest BCUT2D eigenvalue weighted by atomic mass is 10.1. The summed E-state index contributed by atoms with van der Waals surface area (Å²) < 4.78 is 32.3. The molecule has 0 saturated heterocycles. The zero-order valence-corrected chi connectivity index (χ0v) is 20.9. The van der Waals surface area contributed by atoms with Crippen molar-refractivity contribution in [1.82, 2.24) is 9.71 Å². The van der Waals surface area contributed by atoms with E-state index >= 15 is 0 Å². The highest BCUT2D eigenvalue weighted by molar-refractivity contribution is 7.90. The van der Waals surface area contributed by atoms with Crippen LogP contribution in [0.15, 0.2) is 77.7 Å². The number of thiazole rings is 1. The molecule has 184 valence electrons. The predicted molar refractivity (Wildman–Crippen MR) is 136 cm³/mol. The molecule has 1 atom stereocenters. The molecular formula is C25H21N3O6S2. The van der Waals surface area contributed by atoms with Gasteiger partial charge in [0.15, 0.2) is 6.10 Å². The molecule has 0 saturated carbocycles. The van der Waals surface area contributed by atoms with Crippen LogP contribution in [0.3, 0.4) is 0 Å². The number of aromatic nitrogens is 1. The van der Waals surface area contributed by atoms with Gasteiger partial charge in [0.05, 0.1) is 20.7 Å². The van der Waals surface area contributed by atoms with E-state index in [2.05, 4.69) is 10.3 Å². The number of carbonyl (C=O) groups is 3. The quantitative estimate of drug-likeness (QED) is 0.350. The van der Waals surface area contributed by atoms with E-state index in [1.165, 1.54) is 42.5 Å². The number of hydrogen-bond acceptors (Lipinski definition) is 8. The van der Waals surface area contributed by atoms with Crippen molar-refractivity contribution in [2.45, 2.75) is 24.8 Å². The molecular weight excluding hydrogens is 502 g/mol. The minimum Gasteiger partial charge on any atom is -0.449 e. The van der Waals surface area contributed by atoms with Crippen LogP contribution in [0.2, 0.25) is 0 Å². The van der Waals surface area contributed by atoms with E-state index < -0.39 is 33.9 Å². The Labute approximate surface area is 211 Å². The maximum atomic E-state index is 12.9. The van der Waals surface area contributed by atoms with E-state index in [1.54, 1.807) is 24.3 Å². The molecule has 1 unspecified atom stereocenters. The Balaban J connectivity index is 1.45. The van der Waals surface area contributed by atoms with Crippen molar-refractivity contribution in [3.63, 3.8) is 0 Å². The molecule has 4 aromatic rings. The number of rotatable bonds is 7. The van der Waals surface area contributed by atoms with Crippen LogP contribution >= 0.6 is 11.3 Å². The molecule has 0 fully saturated rings. The number of nitrogens with zero attached hydrogens (tertiary/aromatic N) is 1. The van der Waals surface area contributed by atoms with Crippen molar-refractivity contribution in [1.29, 1.82) is 0 Å². The second-order valence-electron chi connectivity index (χ2n) is 7.76. The molecule has 0 bridgehead atoms. The fourth-order valence-corrected chi connectivity index (χ4v) is 5.32. The van der Waals surface area contributed by atoms with Gasteiger partial charge in [-0.05, 0) is 49.4 Å². The first-order valence-electron chi connectivity index (χ1n) is 10.7. The van der Waals surface area contributed by atoms with Gasteiger partial charge < -0.3 is 10.1 Å². The standard InChI is InChI=1S/C25H21N3O6S2/c1-15(23(30)26-17-11-13-18(14-12-17)36(32,33)28-16(2)29)34-25(31)20-8-4-3-7-19(20)24-27-21-9-5-6-10-22(21)35-24/h3-15H,1-2H3,(H,26,30)(H,28,29). The van der Waals surface area contributed by atoms with E-state index in [0.717, 1.165) is 17.1 Å². The molecule has 0 spiro atoms. The smallest absolute Gasteiger partial charge is 0.339 e. The minimum atomic E-state index is -3.99. The maximum absolute atomic E-state index is 12.9. The number of esters is 1. The topological polar surface area (TPSA) is 132 Å². The Hall–Kier alpha value is -4.09. The number of hydrogen-bond donors (Lipinski definition) is 2. The number of anilines is 1. The van der Waals surface area contributed by atoms with Crippen LogP contribution in [0.1, 0.15) is 24.2 Å². The van der Waals surface area contributed by atoms with Crippen molar-refractivity contribution >= 4 is 55.0 Å². The molecule has 1 aromatic heterocycles. The third-order valence-electron chi connectivity index (χ3n) is 5.03. The summed E-state index contributed by atoms with van der Waals surface area (Å²) in [4.78, 5) is 41.1. The number of carbonyl (C=O) groups excluding carboxylic acids is 3. The van der Waals surface area contributed by atoms with Crippen LogP contribution in [0.4, 0.5) is 5.69 Å². The average molecular weight is 524 g/mol. The molecule has 3 aromatic carbocycles. The zero-order valence-electron chi connectivity index (χ0n) is 19.2. The van der Waals surface area contributed by atoms with Crippen molar-refractivity contribution in [2.75, 3.05) is 5.32 Å². The summed E-state index contributed by atoms with van der Waals surface area (Å²) in [6.07, 6.45) is -1.14. The Morgan fingerprint density at radius 1 is 0.944 bits per heavy atom. The van der Waals surface area contributed by atoms with Crippen LogP contribution in [-0.2, 0) is 24.3 Å². The summed E-state index contributed by atoms with van der Waals surface area (Å²) in [5.74, 6) is -1.99. The lowest BCUT2D eigenvalue weighted by Gasteiger charge is -2.15. The number of benzene rings is 3. The summed E-state index contributed by atoms with van der Waals surface area (Å²) in [6.45, 7) is 2.52. The van der Waals surface area contributed by atoms with Gasteiger partial charge in [0.2, 0.25) is 5.91 Å². The molecule has 0 radical (unpaired) electrons. The van der Waals surface area contributed by atoms with Crippen LogP contribution in [0, 0.1) is 0 Å². The molecule has 11 heteroatoms. The first-order chi connectivity index (χ1) is 17.1. The van der Waals surface area contributed by atoms with Gasteiger partial charge in [-0.2, -0.15) is 0 Å². The molecule has 0 aliphatic heterocycles. The van der Waals surface area contributed by atoms with Gasteiger partial charge in [0.1, 0.15) is 5.01 Å². The molecule has 36 heavy (non-hydrogen) atoms. The fourth-order valence-electron chi connectivity index (χ4n) is 3.32. The first-order valence-corrected chi connectivity index (χ1v) is 13.0. The molecule has 2 amide bonds. The summed E-state index contributed by atoms with van der Waals surface area (Å²) in [6, 6.07) is 19.7. The molecule has 1 heterocycles. The van der Waals surface area contributed by atoms with E-state index in [0.29, 0.717) is 16.3 Å². The minimum absolute atomic E-state index is 0.137. The Kier molecular flexibility index (Phi) is 7.13. The third-order valence-corrected chi connectivity index (χ3v) is 7.55. The highest BCUT2D eigenvalue weighted by atomic mass is 32.2. The lowest BCUT2D eigenvalue weighted by molar-refractivity contribution is -0.123. The number of fused-ring (bicyclic) bond motifs is 1. The number of ether oxygens (including phenoxy) is 1. The maximum Gasteiger partial charge on any atom is 0.339 e. The molecule has 2 N–H and O–H groups in total. The largest absolute Gasteiger partial charge is 0.449 e. The van der Waals surface area contributed by atoms with Crippen molar-refractivity contribution in [3.8, 4) is 10.6 Å². The van der Waals surface area contributed by atoms with E-state index in [1.807, 2.05) is 29.0 Å². The van der Waals surface area contributed by atoms with Gasteiger partial charge in [-0.15, -0.1) is 11.3 Å². The average Bonchev–Trinajstić information content (AvgIpc) is 3.28. The Morgan fingerprint density at radius 3 is 2.31 bits per heavy atom. The van der Waals surface area contributed by atoms with Crippen LogP contribution in [0.5, 0.6) is 0 Å². The zero-order chi connectivity index (χ0) is 25.9. The second kappa shape index (κ2) is 10.3. The predicted octanol–water partition coefficient (Wildman–Crippen LogP) is 3.97. The summed E-state index contributed by atoms with van der Waals surface area (Å²) in [7, 11) is -3.99. The van der Waals surface area contributed by atoms with Gasteiger partial charge in [-0.3, -0.25) is 9.59 Å². The van der Waals surface area contributed by atoms with Crippen molar-refractivity contribution in [3.05, 3.63) is 78.4 Å². The van der Waals surface area contributed by atoms with Crippen molar-refractivity contribution in [2.24, 2.45) is 0 Å². The van der Waals surface area contributed by atoms with Crippen LogP contribution in [0.25, 0.3) is 20.8 Å². The van der Waals surface area contributed by atoms with E-state index in [4.69, 9.17) is 4.74 Å². The molecule has 0 aliphatic carbocycles. The van der Waals surface area contributed by atoms with Gasteiger partial charge in [-0.25, -0.2) is 22.9 Å². The Morgan fingerprint density at radius 2 is 1.61 bits per heavy atom. The number of nitrogens with one attached hydrogen (secondary N) is 2. The highest BCUT2D eigenvalue weighted by Crippen LogP contribution is 2.32. The first kappa shape index (κ1) is 25.0. The van der Waals surface area contributed by atoms with E-state index in [-0.39, 0.29) is 10.5 Å². The van der Waals surface area contributed by atoms with Crippen LogP contribution < -0.4 is 10.0 Å². The Bertz CT molecular complexity index is 1530. The number of sulfonamides is 1. The lowest BCUT2D eigenvalue weighted by Crippen LogP contribution is -2.30. The van der Waals surface area contributed by atoms with E-state index in [9.17, 15) is 22.8 Å². The van der Waals surface area contributed by atoms with Gasteiger partial charge in [-0.1, -0.05) is 30.3 Å².